The number of methoxy groups -OCH3 is 1. The van der Waals surface area contributed by atoms with Crippen molar-refractivity contribution in [1.29, 1.82) is 5.26 Å². The molecule has 1 heterocycles. The highest BCUT2D eigenvalue weighted by atomic mass is 16.5. The van der Waals surface area contributed by atoms with Gasteiger partial charge >= 0.3 is 0 Å². The molecular weight excluding hydrogens is 444 g/mol. The Morgan fingerprint density at radius 2 is 1.71 bits per heavy atom. The van der Waals surface area contributed by atoms with E-state index < -0.39 is 11.8 Å². The second-order valence-corrected chi connectivity index (χ2v) is 8.51. The number of nitriles is 1. The fourth-order valence-corrected chi connectivity index (χ4v) is 3.93. The van der Waals surface area contributed by atoms with Gasteiger partial charge in [0, 0.05) is 25.3 Å². The summed E-state index contributed by atoms with van der Waals surface area (Å²) in [4.78, 5) is 27.0. The average Bonchev–Trinajstić information content (AvgIpc) is 2.86. The molecule has 190 valence electrons. The maximum absolute atomic E-state index is 13.2. The van der Waals surface area contributed by atoms with Crippen molar-refractivity contribution in [1.82, 2.24) is 4.90 Å². The lowest BCUT2D eigenvalue weighted by Crippen LogP contribution is -2.43. The van der Waals surface area contributed by atoms with Gasteiger partial charge < -0.3 is 14.2 Å². The Hall–Kier alpha value is -3.11. The molecule has 7 nitrogen and oxygen atoms in total. The lowest BCUT2D eigenvalue weighted by atomic mass is 9.93. The summed E-state index contributed by atoms with van der Waals surface area (Å²) < 4.78 is 16.8. The first kappa shape index (κ1) is 28.1. The standard InChI is InChI=1S/C28H38N2O5/c1-5-7-8-9-10-11-17-35-25-14-13-22(19-26(25)33-4)18-23-21(3)24(20-29)28(32)30(27(23)31)15-12-16-34-6-2/h13-14,18-19H,5-12,15-17H2,1-4H3/b23-18+. The minimum absolute atomic E-state index is 0.0156. The Bertz CT molecular complexity index is 974. The lowest BCUT2D eigenvalue weighted by Gasteiger charge is -2.27. The van der Waals surface area contributed by atoms with Gasteiger partial charge in [-0.3, -0.25) is 14.5 Å². The normalized spacial score (nSPS) is 15.1. The van der Waals surface area contributed by atoms with E-state index in [9.17, 15) is 14.9 Å². The van der Waals surface area contributed by atoms with Crippen molar-refractivity contribution in [3.8, 4) is 17.6 Å². The van der Waals surface area contributed by atoms with Crippen molar-refractivity contribution in [3.63, 3.8) is 0 Å². The number of carbonyl (C=O) groups excluding carboxylic acids is 2. The zero-order valence-electron chi connectivity index (χ0n) is 21.5. The summed E-state index contributed by atoms with van der Waals surface area (Å²) >= 11 is 0. The maximum Gasteiger partial charge on any atom is 0.271 e. The average molecular weight is 483 g/mol. The van der Waals surface area contributed by atoms with Crippen LogP contribution < -0.4 is 9.47 Å². The largest absolute Gasteiger partial charge is 0.493 e. The number of hydrogen-bond donors (Lipinski definition) is 0. The Morgan fingerprint density at radius 1 is 0.971 bits per heavy atom. The molecule has 0 aromatic heterocycles. The summed E-state index contributed by atoms with van der Waals surface area (Å²) in [7, 11) is 1.58. The van der Waals surface area contributed by atoms with E-state index in [0.717, 1.165) is 23.3 Å². The first-order valence-corrected chi connectivity index (χ1v) is 12.6. The summed E-state index contributed by atoms with van der Waals surface area (Å²) in [5.41, 5.74) is 1.40. The molecule has 0 atom stereocenters. The lowest BCUT2D eigenvalue weighted by molar-refractivity contribution is -0.140. The Morgan fingerprint density at radius 3 is 2.40 bits per heavy atom. The number of rotatable bonds is 15. The minimum Gasteiger partial charge on any atom is -0.493 e. The molecule has 1 aliphatic rings. The van der Waals surface area contributed by atoms with Crippen LogP contribution in [0.1, 0.15) is 71.3 Å². The van der Waals surface area contributed by atoms with Crippen molar-refractivity contribution < 1.29 is 23.8 Å². The van der Waals surface area contributed by atoms with Crippen molar-refractivity contribution in [2.24, 2.45) is 0 Å². The van der Waals surface area contributed by atoms with Gasteiger partial charge in [0.1, 0.15) is 11.6 Å². The molecule has 0 radical (unpaired) electrons. The summed E-state index contributed by atoms with van der Waals surface area (Å²) in [6, 6.07) is 7.43. The van der Waals surface area contributed by atoms with E-state index in [2.05, 4.69) is 6.92 Å². The van der Waals surface area contributed by atoms with Gasteiger partial charge in [-0.15, -0.1) is 0 Å². The predicted molar refractivity (Wildman–Crippen MR) is 136 cm³/mol. The van der Waals surface area contributed by atoms with Crippen LogP contribution in [0.5, 0.6) is 11.5 Å². The van der Waals surface area contributed by atoms with E-state index in [4.69, 9.17) is 14.2 Å². The number of hydrogen-bond acceptors (Lipinski definition) is 6. The first-order valence-electron chi connectivity index (χ1n) is 12.6. The Balaban J connectivity index is 2.17. The van der Waals surface area contributed by atoms with Crippen LogP contribution in [0.2, 0.25) is 0 Å². The first-order chi connectivity index (χ1) is 17.0. The van der Waals surface area contributed by atoms with Crippen LogP contribution >= 0.6 is 0 Å². The van der Waals surface area contributed by atoms with Gasteiger partial charge in [-0.25, -0.2) is 0 Å². The Labute approximate surface area is 209 Å². The number of carbonyl (C=O) groups is 2. The zero-order valence-corrected chi connectivity index (χ0v) is 21.5. The van der Waals surface area contributed by atoms with Gasteiger partial charge in [0.05, 0.1) is 13.7 Å². The van der Waals surface area contributed by atoms with Crippen molar-refractivity contribution >= 4 is 17.9 Å². The highest BCUT2D eigenvalue weighted by molar-refractivity contribution is 6.19. The molecule has 35 heavy (non-hydrogen) atoms. The molecule has 0 spiro atoms. The summed E-state index contributed by atoms with van der Waals surface area (Å²) in [6.07, 6.45) is 9.32. The zero-order chi connectivity index (χ0) is 25.6. The van der Waals surface area contributed by atoms with Crippen LogP contribution in [0.3, 0.4) is 0 Å². The maximum atomic E-state index is 13.2. The molecule has 0 saturated heterocycles. The van der Waals surface area contributed by atoms with E-state index in [1.54, 1.807) is 26.2 Å². The molecule has 7 heteroatoms. The molecule has 0 unspecified atom stereocenters. The Kier molecular flexibility index (Phi) is 12.1. The van der Waals surface area contributed by atoms with Gasteiger partial charge in [0.2, 0.25) is 0 Å². The van der Waals surface area contributed by atoms with Gasteiger partial charge in [0.25, 0.3) is 11.8 Å². The monoisotopic (exact) mass is 482 g/mol. The predicted octanol–water partition coefficient (Wildman–Crippen LogP) is 5.45. The molecular formula is C28H38N2O5. The van der Waals surface area contributed by atoms with Crippen molar-refractivity contribution in [2.75, 3.05) is 33.5 Å². The molecule has 0 saturated carbocycles. The summed E-state index contributed by atoms with van der Waals surface area (Å²) in [5, 5.41) is 9.56. The number of benzene rings is 1. The third-order valence-corrected chi connectivity index (χ3v) is 5.95. The third kappa shape index (κ3) is 7.97. The minimum atomic E-state index is -0.556. The van der Waals surface area contributed by atoms with Crippen LogP contribution in [0, 0.1) is 11.3 Å². The highest BCUT2D eigenvalue weighted by Crippen LogP contribution is 2.32. The molecule has 0 fully saturated rings. The molecule has 0 bridgehead atoms. The highest BCUT2D eigenvalue weighted by Gasteiger charge is 2.35. The van der Waals surface area contributed by atoms with Crippen LogP contribution in [-0.2, 0) is 14.3 Å². The fraction of sp³-hybridized carbons (Fsp3) is 0.536. The van der Waals surface area contributed by atoms with Gasteiger partial charge in [-0.1, -0.05) is 45.1 Å². The van der Waals surface area contributed by atoms with E-state index >= 15 is 0 Å². The van der Waals surface area contributed by atoms with Crippen LogP contribution in [-0.4, -0.2) is 50.2 Å². The summed E-state index contributed by atoms with van der Waals surface area (Å²) in [5.74, 6) is 0.251. The molecule has 1 aromatic rings. The van der Waals surface area contributed by atoms with Crippen molar-refractivity contribution in [2.45, 2.75) is 65.7 Å². The topological polar surface area (TPSA) is 88.9 Å². The molecule has 0 aliphatic carbocycles. The SMILES string of the molecule is CCCCCCCCOc1ccc(/C=C2/C(=O)N(CCCOCC)C(=O)C(C#N)=C2C)cc1OC. The number of ether oxygens (including phenoxy) is 3. The number of amides is 2. The number of imide groups is 1. The molecule has 1 aliphatic heterocycles. The number of unbranched alkanes of at least 4 members (excludes halogenated alkanes) is 5. The van der Waals surface area contributed by atoms with Crippen LogP contribution in [0.25, 0.3) is 6.08 Å². The van der Waals surface area contributed by atoms with Crippen LogP contribution in [0.4, 0.5) is 0 Å². The van der Waals surface area contributed by atoms with E-state index in [1.807, 2.05) is 25.1 Å². The van der Waals surface area contributed by atoms with E-state index in [-0.39, 0.29) is 12.1 Å². The quantitative estimate of drug-likeness (QED) is 0.188. The smallest absolute Gasteiger partial charge is 0.271 e. The second kappa shape index (κ2) is 15.0. The number of nitrogens with zero attached hydrogens (tertiary/aromatic N) is 2. The molecule has 2 rings (SSSR count). The summed E-state index contributed by atoms with van der Waals surface area (Å²) in [6.45, 7) is 7.54. The van der Waals surface area contributed by atoms with Gasteiger partial charge in [0.15, 0.2) is 11.5 Å². The molecule has 1 aromatic carbocycles. The molecule has 2 amide bonds. The third-order valence-electron chi connectivity index (χ3n) is 5.95. The second-order valence-electron chi connectivity index (χ2n) is 8.51. The van der Waals surface area contributed by atoms with E-state index in [0.29, 0.717) is 48.9 Å². The molecule has 0 N–H and O–H groups in total. The van der Waals surface area contributed by atoms with Crippen molar-refractivity contribution in [3.05, 3.63) is 40.5 Å². The van der Waals surface area contributed by atoms with Gasteiger partial charge in [-0.05, 0) is 56.0 Å². The van der Waals surface area contributed by atoms with E-state index in [1.165, 1.54) is 25.7 Å². The van der Waals surface area contributed by atoms with Gasteiger partial charge in [-0.2, -0.15) is 5.26 Å². The van der Waals surface area contributed by atoms with Crippen LogP contribution in [0.15, 0.2) is 34.9 Å². The fourth-order valence-electron chi connectivity index (χ4n) is 3.93.